The fraction of sp³-hybridized carbons (Fsp3) is 0.786. The zero-order valence-corrected chi connectivity index (χ0v) is 12.1. The van der Waals surface area contributed by atoms with Crippen molar-refractivity contribution in [1.29, 1.82) is 0 Å². The van der Waals surface area contributed by atoms with Crippen molar-refractivity contribution in [2.45, 2.75) is 40.8 Å². The lowest BCUT2D eigenvalue weighted by Gasteiger charge is -2.23. The maximum Gasteiger partial charge on any atom is 0.406 e. The molecule has 19 heavy (non-hydrogen) atoms. The summed E-state index contributed by atoms with van der Waals surface area (Å²) in [5.74, 6) is -0.663. The minimum atomic E-state index is -4.34. The number of alkyl halides is 3. The van der Waals surface area contributed by atoms with Gasteiger partial charge in [0.05, 0.1) is 5.92 Å². The molecule has 0 aliphatic heterocycles. The Morgan fingerprint density at radius 1 is 1.32 bits per heavy atom. The van der Waals surface area contributed by atoms with Crippen LogP contribution in [0.1, 0.15) is 34.6 Å². The molecule has 1 fully saturated rings. The molecular weight excluding hydrogens is 255 g/mol. The van der Waals surface area contributed by atoms with E-state index in [9.17, 15) is 18.0 Å². The van der Waals surface area contributed by atoms with Crippen LogP contribution in [0.25, 0.3) is 0 Å². The highest BCUT2D eigenvalue weighted by atomic mass is 19.4. The van der Waals surface area contributed by atoms with E-state index in [1.807, 2.05) is 33.8 Å². The lowest BCUT2D eigenvalue weighted by molar-refractivity contribution is -0.162. The molecule has 1 aliphatic carbocycles. The summed E-state index contributed by atoms with van der Waals surface area (Å²) in [6, 6.07) is 0. The quantitative estimate of drug-likeness (QED) is 0.718. The van der Waals surface area contributed by atoms with Gasteiger partial charge in [-0.2, -0.15) is 13.2 Å². The fourth-order valence-electron chi connectivity index (χ4n) is 2.58. The van der Waals surface area contributed by atoms with Gasteiger partial charge in [0.15, 0.2) is 0 Å². The molecule has 1 aliphatic rings. The van der Waals surface area contributed by atoms with E-state index in [4.69, 9.17) is 0 Å². The number of carbonyl (C=O) groups is 1. The molecule has 1 rings (SSSR count). The van der Waals surface area contributed by atoms with Gasteiger partial charge >= 0.3 is 6.18 Å². The maximum absolute atomic E-state index is 12.4. The Hall–Kier alpha value is -1.00. The van der Waals surface area contributed by atoms with E-state index in [1.54, 1.807) is 6.92 Å². The van der Waals surface area contributed by atoms with Crippen molar-refractivity contribution in [3.05, 3.63) is 11.6 Å². The predicted molar refractivity (Wildman–Crippen MR) is 68.5 cm³/mol. The summed E-state index contributed by atoms with van der Waals surface area (Å²) in [5, 5.41) is 0. The molecule has 0 saturated heterocycles. The van der Waals surface area contributed by atoms with E-state index < -0.39 is 12.7 Å². The molecule has 0 bridgehead atoms. The molecule has 0 radical (unpaired) electrons. The molecular formula is C14H22F3NO. The zero-order valence-electron chi connectivity index (χ0n) is 12.1. The monoisotopic (exact) mass is 277 g/mol. The molecule has 1 amide bonds. The number of halogens is 3. The number of hydrogen-bond donors (Lipinski definition) is 0. The summed E-state index contributed by atoms with van der Waals surface area (Å²) in [4.78, 5) is 13.1. The summed E-state index contributed by atoms with van der Waals surface area (Å²) in [7, 11) is 0. The summed E-state index contributed by atoms with van der Waals surface area (Å²) >= 11 is 0. The van der Waals surface area contributed by atoms with Crippen molar-refractivity contribution in [2.75, 3.05) is 13.1 Å². The topological polar surface area (TPSA) is 20.3 Å². The molecule has 2 nitrogen and oxygen atoms in total. The van der Waals surface area contributed by atoms with Gasteiger partial charge in [-0.25, -0.2) is 0 Å². The van der Waals surface area contributed by atoms with E-state index in [0.29, 0.717) is 0 Å². The first-order chi connectivity index (χ1) is 8.50. The van der Waals surface area contributed by atoms with Gasteiger partial charge in [0.25, 0.3) is 0 Å². The van der Waals surface area contributed by atoms with E-state index in [0.717, 1.165) is 10.5 Å². The van der Waals surface area contributed by atoms with Crippen molar-refractivity contribution in [1.82, 2.24) is 4.90 Å². The number of amides is 1. The molecule has 2 atom stereocenters. The first kappa shape index (κ1) is 16.1. The Morgan fingerprint density at radius 2 is 1.84 bits per heavy atom. The second-order valence-corrected chi connectivity index (χ2v) is 6.04. The Morgan fingerprint density at radius 3 is 2.21 bits per heavy atom. The van der Waals surface area contributed by atoms with Crippen molar-refractivity contribution in [3.63, 3.8) is 0 Å². The number of rotatable bonds is 4. The largest absolute Gasteiger partial charge is 0.406 e. The van der Waals surface area contributed by atoms with Crippen LogP contribution in [0.15, 0.2) is 11.6 Å². The Labute approximate surface area is 112 Å². The molecule has 0 N–H and O–H groups in total. The van der Waals surface area contributed by atoms with Crippen molar-refractivity contribution >= 4 is 5.91 Å². The first-order valence-electron chi connectivity index (χ1n) is 6.51. The van der Waals surface area contributed by atoms with E-state index in [2.05, 4.69) is 0 Å². The van der Waals surface area contributed by atoms with Crippen molar-refractivity contribution in [3.8, 4) is 0 Å². The number of carbonyl (C=O) groups excluding carboxylic acids is 1. The average Bonchev–Trinajstić information content (AvgIpc) is 2.73. The Bertz CT molecular complexity index is 381. The van der Waals surface area contributed by atoms with Crippen LogP contribution in [-0.2, 0) is 4.79 Å². The van der Waals surface area contributed by atoms with Gasteiger partial charge in [0, 0.05) is 6.54 Å². The van der Waals surface area contributed by atoms with E-state index in [1.165, 1.54) is 0 Å². The second-order valence-electron chi connectivity index (χ2n) is 6.04. The third-order valence-corrected chi connectivity index (χ3v) is 3.75. The number of nitrogens with zero attached hydrogens (tertiary/aromatic N) is 1. The van der Waals surface area contributed by atoms with Crippen LogP contribution < -0.4 is 0 Å². The Kier molecular flexibility index (Phi) is 4.37. The molecule has 0 heterocycles. The third kappa shape index (κ3) is 3.74. The van der Waals surface area contributed by atoms with Gasteiger partial charge < -0.3 is 4.90 Å². The van der Waals surface area contributed by atoms with Crippen molar-refractivity contribution in [2.24, 2.45) is 17.3 Å². The van der Waals surface area contributed by atoms with Crippen molar-refractivity contribution < 1.29 is 18.0 Å². The molecule has 0 spiro atoms. The molecule has 110 valence electrons. The van der Waals surface area contributed by atoms with Crippen LogP contribution in [0, 0.1) is 17.3 Å². The van der Waals surface area contributed by atoms with Gasteiger partial charge in [-0.3, -0.25) is 4.79 Å². The lowest BCUT2D eigenvalue weighted by atomic mass is 10.1. The molecule has 2 unspecified atom stereocenters. The normalized spacial score (nSPS) is 24.8. The standard InChI is InChI=1S/C14H22F3NO/c1-6-18(8-14(15,16)17)12(19)11-10(7-9(2)3)13(11,4)5/h7,10-11H,6,8H2,1-5H3. The van der Waals surface area contributed by atoms with Gasteiger partial charge in [-0.15, -0.1) is 0 Å². The van der Waals surface area contributed by atoms with Gasteiger partial charge in [-0.1, -0.05) is 25.5 Å². The highest BCUT2D eigenvalue weighted by molar-refractivity contribution is 5.83. The van der Waals surface area contributed by atoms with Crippen LogP contribution in [0.5, 0.6) is 0 Å². The van der Waals surface area contributed by atoms with Crippen LogP contribution >= 0.6 is 0 Å². The minimum Gasteiger partial charge on any atom is -0.334 e. The molecule has 0 aromatic carbocycles. The number of allylic oxidation sites excluding steroid dienone is 2. The molecule has 5 heteroatoms. The van der Waals surface area contributed by atoms with Crippen LogP contribution in [0.4, 0.5) is 13.2 Å². The van der Waals surface area contributed by atoms with Gasteiger partial charge in [0.2, 0.25) is 5.91 Å². The summed E-state index contributed by atoms with van der Waals surface area (Å²) in [6.07, 6.45) is -2.35. The smallest absolute Gasteiger partial charge is 0.334 e. The predicted octanol–water partition coefficient (Wildman–Crippen LogP) is 3.64. The zero-order chi connectivity index (χ0) is 15.0. The van der Waals surface area contributed by atoms with Crippen LogP contribution in [-0.4, -0.2) is 30.1 Å². The van der Waals surface area contributed by atoms with Crippen LogP contribution in [0.3, 0.4) is 0 Å². The van der Waals surface area contributed by atoms with Crippen LogP contribution in [0.2, 0.25) is 0 Å². The first-order valence-corrected chi connectivity index (χ1v) is 6.51. The Balaban J connectivity index is 2.80. The lowest BCUT2D eigenvalue weighted by Crippen LogP contribution is -2.40. The maximum atomic E-state index is 12.4. The minimum absolute atomic E-state index is 0.0484. The van der Waals surface area contributed by atoms with E-state index >= 15 is 0 Å². The number of hydrogen-bond acceptors (Lipinski definition) is 1. The fourth-order valence-corrected chi connectivity index (χ4v) is 2.58. The summed E-state index contributed by atoms with van der Waals surface area (Å²) in [6.45, 7) is 8.24. The summed E-state index contributed by atoms with van der Waals surface area (Å²) in [5.41, 5.74) is 0.847. The highest BCUT2D eigenvalue weighted by Gasteiger charge is 2.61. The van der Waals surface area contributed by atoms with Gasteiger partial charge in [0.1, 0.15) is 6.54 Å². The van der Waals surface area contributed by atoms with Gasteiger partial charge in [-0.05, 0) is 32.1 Å². The summed E-state index contributed by atoms with van der Waals surface area (Å²) < 4.78 is 37.3. The SMILES string of the molecule is CCN(CC(F)(F)F)C(=O)C1C(C=C(C)C)C1(C)C. The molecule has 0 aromatic heterocycles. The third-order valence-electron chi connectivity index (χ3n) is 3.75. The highest BCUT2D eigenvalue weighted by Crippen LogP contribution is 2.60. The molecule has 1 saturated carbocycles. The second kappa shape index (κ2) is 5.17. The average molecular weight is 277 g/mol. The molecule has 0 aromatic rings. The van der Waals surface area contributed by atoms with E-state index in [-0.39, 0.29) is 29.7 Å².